The zero-order chi connectivity index (χ0) is 12.7. The average molecular weight is 232 g/mol. The summed E-state index contributed by atoms with van der Waals surface area (Å²) in [7, 11) is 0. The minimum absolute atomic E-state index is 0.00351. The highest BCUT2D eigenvalue weighted by atomic mass is 16.4. The standard InChI is InChI=1S/C10H20N2O4/c1-6(2)7(5-11)9(14)12-4-3-8(13)10(15)16/h6-8,13H,3-5,11H2,1-2H3,(H,12,14)(H,15,16). The number of carbonyl (C=O) groups excluding carboxylic acids is 1. The monoisotopic (exact) mass is 232 g/mol. The van der Waals surface area contributed by atoms with Gasteiger partial charge in [0.15, 0.2) is 6.10 Å². The largest absolute Gasteiger partial charge is 0.479 e. The Morgan fingerprint density at radius 3 is 2.31 bits per heavy atom. The number of carboxylic acids is 1. The quantitative estimate of drug-likeness (QED) is 0.457. The molecule has 0 aliphatic heterocycles. The van der Waals surface area contributed by atoms with Crippen molar-refractivity contribution in [2.45, 2.75) is 26.4 Å². The van der Waals surface area contributed by atoms with Gasteiger partial charge in [-0.2, -0.15) is 0 Å². The summed E-state index contributed by atoms with van der Waals surface area (Å²) < 4.78 is 0. The molecule has 0 rings (SSSR count). The number of carboxylic acid groups (broad SMARTS) is 1. The lowest BCUT2D eigenvalue weighted by Gasteiger charge is -2.18. The van der Waals surface area contributed by atoms with Crippen molar-refractivity contribution in [3.63, 3.8) is 0 Å². The third-order valence-electron chi connectivity index (χ3n) is 2.40. The fourth-order valence-electron chi connectivity index (χ4n) is 1.27. The van der Waals surface area contributed by atoms with Crippen molar-refractivity contribution in [3.8, 4) is 0 Å². The van der Waals surface area contributed by atoms with E-state index in [2.05, 4.69) is 5.32 Å². The lowest BCUT2D eigenvalue weighted by atomic mass is 9.95. The van der Waals surface area contributed by atoms with E-state index in [-0.39, 0.29) is 37.3 Å². The van der Waals surface area contributed by atoms with Crippen LogP contribution in [-0.4, -0.2) is 41.3 Å². The number of rotatable bonds is 7. The summed E-state index contributed by atoms with van der Waals surface area (Å²) in [5.41, 5.74) is 5.45. The number of hydrogen-bond acceptors (Lipinski definition) is 4. The van der Waals surface area contributed by atoms with Gasteiger partial charge in [-0.25, -0.2) is 4.79 Å². The average Bonchev–Trinajstić information content (AvgIpc) is 2.17. The molecule has 0 aromatic heterocycles. The van der Waals surface area contributed by atoms with E-state index in [1.807, 2.05) is 13.8 Å². The highest BCUT2D eigenvalue weighted by molar-refractivity contribution is 5.79. The molecule has 0 bridgehead atoms. The molecule has 16 heavy (non-hydrogen) atoms. The van der Waals surface area contributed by atoms with Crippen LogP contribution < -0.4 is 11.1 Å². The fraction of sp³-hybridized carbons (Fsp3) is 0.800. The molecule has 2 atom stereocenters. The van der Waals surface area contributed by atoms with Crippen molar-refractivity contribution in [2.24, 2.45) is 17.6 Å². The van der Waals surface area contributed by atoms with Crippen LogP contribution in [-0.2, 0) is 9.59 Å². The van der Waals surface area contributed by atoms with E-state index in [1.54, 1.807) is 0 Å². The topological polar surface area (TPSA) is 113 Å². The molecule has 2 unspecified atom stereocenters. The van der Waals surface area contributed by atoms with Crippen LogP contribution in [0.5, 0.6) is 0 Å². The van der Waals surface area contributed by atoms with Crippen molar-refractivity contribution < 1.29 is 19.8 Å². The molecule has 6 heteroatoms. The van der Waals surface area contributed by atoms with Crippen LogP contribution in [0.1, 0.15) is 20.3 Å². The van der Waals surface area contributed by atoms with Crippen LogP contribution in [0.2, 0.25) is 0 Å². The summed E-state index contributed by atoms with van der Waals surface area (Å²) in [4.78, 5) is 21.8. The molecule has 0 aromatic rings. The first-order chi connectivity index (χ1) is 7.40. The minimum atomic E-state index is -1.43. The van der Waals surface area contributed by atoms with Gasteiger partial charge in [0, 0.05) is 19.5 Å². The molecular weight excluding hydrogens is 212 g/mol. The highest BCUT2D eigenvalue weighted by Gasteiger charge is 2.20. The van der Waals surface area contributed by atoms with E-state index < -0.39 is 12.1 Å². The second kappa shape index (κ2) is 7.19. The summed E-state index contributed by atoms with van der Waals surface area (Å²) in [5, 5.41) is 19.9. The molecule has 6 nitrogen and oxygen atoms in total. The van der Waals surface area contributed by atoms with Crippen LogP contribution in [0, 0.1) is 11.8 Å². The first kappa shape index (κ1) is 14.9. The normalized spacial score (nSPS) is 14.6. The number of nitrogens with one attached hydrogen (secondary N) is 1. The molecule has 0 saturated carbocycles. The van der Waals surface area contributed by atoms with E-state index in [0.29, 0.717) is 0 Å². The summed E-state index contributed by atoms with van der Waals surface area (Å²) in [6.45, 7) is 4.17. The van der Waals surface area contributed by atoms with Gasteiger partial charge < -0.3 is 21.3 Å². The number of aliphatic hydroxyl groups excluding tert-OH is 1. The summed E-state index contributed by atoms with van der Waals surface area (Å²) in [6.07, 6.45) is -1.44. The lowest BCUT2D eigenvalue weighted by Crippen LogP contribution is -2.39. The molecule has 0 aliphatic carbocycles. The van der Waals surface area contributed by atoms with Gasteiger partial charge in [-0.1, -0.05) is 13.8 Å². The second-order valence-electron chi connectivity index (χ2n) is 4.02. The Labute approximate surface area is 94.8 Å². The molecule has 0 fully saturated rings. The van der Waals surface area contributed by atoms with Crippen molar-refractivity contribution in [1.82, 2.24) is 5.32 Å². The molecule has 94 valence electrons. The first-order valence-corrected chi connectivity index (χ1v) is 5.28. The predicted molar refractivity (Wildman–Crippen MR) is 58.7 cm³/mol. The Bertz CT molecular complexity index is 243. The molecule has 0 aromatic carbocycles. The third kappa shape index (κ3) is 5.09. The first-order valence-electron chi connectivity index (χ1n) is 5.28. The van der Waals surface area contributed by atoms with Crippen LogP contribution in [0.4, 0.5) is 0 Å². The SMILES string of the molecule is CC(C)C(CN)C(=O)NCCC(O)C(=O)O. The molecular formula is C10H20N2O4. The molecule has 1 amide bonds. The number of nitrogens with two attached hydrogens (primary N) is 1. The zero-order valence-corrected chi connectivity index (χ0v) is 9.64. The molecule has 0 aliphatic rings. The molecule has 0 saturated heterocycles. The van der Waals surface area contributed by atoms with E-state index in [0.717, 1.165) is 0 Å². The summed E-state index contributed by atoms with van der Waals surface area (Å²) in [6, 6.07) is 0. The highest BCUT2D eigenvalue weighted by Crippen LogP contribution is 2.08. The summed E-state index contributed by atoms with van der Waals surface area (Å²) in [5.74, 6) is -1.63. The van der Waals surface area contributed by atoms with E-state index in [4.69, 9.17) is 15.9 Å². The third-order valence-corrected chi connectivity index (χ3v) is 2.40. The molecule has 5 N–H and O–H groups in total. The van der Waals surface area contributed by atoms with Gasteiger partial charge in [-0.3, -0.25) is 4.79 Å². The van der Waals surface area contributed by atoms with Gasteiger partial charge >= 0.3 is 5.97 Å². The maximum atomic E-state index is 11.5. The Balaban J connectivity index is 3.93. The molecule has 0 heterocycles. The van der Waals surface area contributed by atoms with Gasteiger partial charge in [-0.15, -0.1) is 0 Å². The Kier molecular flexibility index (Phi) is 6.67. The zero-order valence-electron chi connectivity index (χ0n) is 9.64. The van der Waals surface area contributed by atoms with Gasteiger partial charge in [0.05, 0.1) is 5.92 Å². The Morgan fingerprint density at radius 1 is 1.38 bits per heavy atom. The van der Waals surface area contributed by atoms with Crippen LogP contribution in [0.15, 0.2) is 0 Å². The minimum Gasteiger partial charge on any atom is -0.479 e. The number of carbonyl (C=O) groups is 2. The Hall–Kier alpha value is -1.14. The van der Waals surface area contributed by atoms with Crippen molar-refractivity contribution in [1.29, 1.82) is 0 Å². The molecule has 0 radical (unpaired) electrons. The van der Waals surface area contributed by atoms with Gasteiger partial charge in [0.25, 0.3) is 0 Å². The van der Waals surface area contributed by atoms with Crippen LogP contribution in [0.3, 0.4) is 0 Å². The molecule has 0 spiro atoms. The lowest BCUT2D eigenvalue weighted by molar-refractivity contribution is -0.147. The predicted octanol–water partition coefficient (Wildman–Crippen LogP) is -0.831. The van der Waals surface area contributed by atoms with Gasteiger partial charge in [0.2, 0.25) is 5.91 Å². The van der Waals surface area contributed by atoms with E-state index >= 15 is 0 Å². The maximum absolute atomic E-state index is 11.5. The van der Waals surface area contributed by atoms with E-state index in [9.17, 15) is 9.59 Å². The van der Waals surface area contributed by atoms with Crippen LogP contribution in [0.25, 0.3) is 0 Å². The van der Waals surface area contributed by atoms with Gasteiger partial charge in [0.1, 0.15) is 0 Å². The van der Waals surface area contributed by atoms with Crippen LogP contribution >= 0.6 is 0 Å². The smallest absolute Gasteiger partial charge is 0.332 e. The number of amides is 1. The number of aliphatic hydroxyl groups is 1. The Morgan fingerprint density at radius 2 is 1.94 bits per heavy atom. The van der Waals surface area contributed by atoms with E-state index in [1.165, 1.54) is 0 Å². The summed E-state index contributed by atoms with van der Waals surface area (Å²) >= 11 is 0. The fourth-order valence-corrected chi connectivity index (χ4v) is 1.27. The van der Waals surface area contributed by atoms with Gasteiger partial charge in [-0.05, 0) is 5.92 Å². The maximum Gasteiger partial charge on any atom is 0.332 e. The van der Waals surface area contributed by atoms with Crippen molar-refractivity contribution in [2.75, 3.05) is 13.1 Å². The van der Waals surface area contributed by atoms with Crippen molar-refractivity contribution >= 4 is 11.9 Å². The second-order valence-corrected chi connectivity index (χ2v) is 4.02. The number of aliphatic carboxylic acids is 1. The number of hydrogen-bond donors (Lipinski definition) is 4. The van der Waals surface area contributed by atoms with Crippen molar-refractivity contribution in [3.05, 3.63) is 0 Å².